The van der Waals surface area contributed by atoms with Gasteiger partial charge in [0.1, 0.15) is 11.4 Å². The van der Waals surface area contributed by atoms with Gasteiger partial charge in [0.25, 0.3) is 5.91 Å². The van der Waals surface area contributed by atoms with Crippen LogP contribution in [0.2, 0.25) is 0 Å². The van der Waals surface area contributed by atoms with Gasteiger partial charge in [0.05, 0.1) is 0 Å². The minimum Gasteiger partial charge on any atom is -0.322 e. The van der Waals surface area contributed by atoms with Crippen molar-refractivity contribution in [1.29, 1.82) is 0 Å². The molecule has 3 heterocycles. The summed E-state index contributed by atoms with van der Waals surface area (Å²) in [6.45, 7) is 2.03. The first kappa shape index (κ1) is 19.1. The number of amides is 3. The van der Waals surface area contributed by atoms with Crippen molar-refractivity contribution in [2.75, 3.05) is 19.6 Å². The molecule has 0 radical (unpaired) electrons. The normalized spacial score (nSPS) is 23.2. The topological polar surface area (TPSA) is 61.4 Å². The van der Waals surface area contributed by atoms with E-state index in [1.165, 1.54) is 17.0 Å². The van der Waals surface area contributed by atoms with E-state index in [2.05, 4.69) is 10.6 Å². The first-order valence-electron chi connectivity index (χ1n) is 9.70. The molecular weight excluding hydrogens is 377 g/mol. The first-order valence-corrected chi connectivity index (χ1v) is 10.6. The fourth-order valence-corrected chi connectivity index (χ4v) is 5.00. The molecule has 0 bridgehead atoms. The predicted octanol–water partition coefficient (Wildman–Crippen LogP) is 2.96. The van der Waals surface area contributed by atoms with Crippen LogP contribution < -0.4 is 10.6 Å². The number of piperidine rings is 1. The van der Waals surface area contributed by atoms with Gasteiger partial charge < -0.3 is 10.6 Å². The summed E-state index contributed by atoms with van der Waals surface area (Å²) >= 11 is 1.63. The number of urea groups is 1. The van der Waals surface area contributed by atoms with E-state index in [0.717, 1.165) is 36.4 Å². The quantitative estimate of drug-likeness (QED) is 0.732. The average molecular weight is 402 g/mol. The van der Waals surface area contributed by atoms with E-state index in [4.69, 9.17) is 0 Å². The Kier molecular flexibility index (Phi) is 5.46. The van der Waals surface area contributed by atoms with Crippen LogP contribution in [0.5, 0.6) is 0 Å². The largest absolute Gasteiger partial charge is 0.325 e. The number of hydrogen-bond acceptors (Lipinski definition) is 4. The zero-order chi connectivity index (χ0) is 19.6. The van der Waals surface area contributed by atoms with Crippen molar-refractivity contribution in [2.45, 2.75) is 31.2 Å². The van der Waals surface area contributed by atoms with Crippen LogP contribution in [0, 0.1) is 11.7 Å². The molecule has 2 aromatic rings. The van der Waals surface area contributed by atoms with Crippen molar-refractivity contribution in [1.82, 2.24) is 15.5 Å². The van der Waals surface area contributed by atoms with Crippen molar-refractivity contribution in [3.05, 3.63) is 58.0 Å². The molecule has 4 rings (SSSR count). The molecule has 3 amide bonds. The van der Waals surface area contributed by atoms with Crippen LogP contribution in [0.25, 0.3) is 0 Å². The minimum atomic E-state index is -0.952. The van der Waals surface area contributed by atoms with Crippen molar-refractivity contribution in [3.63, 3.8) is 0 Å². The lowest BCUT2D eigenvalue weighted by Crippen LogP contribution is -2.57. The third-order valence-corrected chi connectivity index (χ3v) is 6.73. The second-order valence-electron chi connectivity index (χ2n) is 7.52. The molecule has 2 fully saturated rings. The van der Waals surface area contributed by atoms with E-state index in [1.807, 2.05) is 17.5 Å². The van der Waals surface area contributed by atoms with Crippen molar-refractivity contribution < 1.29 is 14.0 Å². The molecule has 28 heavy (non-hydrogen) atoms. The Labute approximate surface area is 167 Å². The lowest BCUT2D eigenvalue weighted by molar-refractivity contribution is -0.133. The second-order valence-corrected chi connectivity index (χ2v) is 8.55. The zero-order valence-electron chi connectivity index (χ0n) is 15.6. The molecule has 2 saturated heterocycles. The molecule has 1 atom stereocenters. The standard InChI is InChI=1S/C21H24FN3O2S/c22-17-5-3-15(4-6-17)14-21(16-7-10-23-11-8-16)19(26)25(20(27)24-21)12-9-18-2-1-13-28-18/h1-6,13,16,23H,7-12,14H2,(H,24,27)/t21-/m1/s1. The molecule has 2 N–H and O–H groups in total. The Bertz CT molecular complexity index is 834. The van der Waals surface area contributed by atoms with Crippen LogP contribution in [-0.2, 0) is 17.6 Å². The van der Waals surface area contributed by atoms with E-state index in [0.29, 0.717) is 19.4 Å². The first-order chi connectivity index (χ1) is 13.6. The summed E-state index contributed by atoms with van der Waals surface area (Å²) in [5, 5.41) is 8.37. The number of imide groups is 1. The Morgan fingerprint density at radius 1 is 1.14 bits per heavy atom. The van der Waals surface area contributed by atoms with E-state index >= 15 is 0 Å². The molecular formula is C21H24FN3O2S. The van der Waals surface area contributed by atoms with Crippen LogP contribution in [-0.4, -0.2) is 42.0 Å². The number of halogens is 1. The van der Waals surface area contributed by atoms with Gasteiger partial charge in [-0.2, -0.15) is 0 Å². The van der Waals surface area contributed by atoms with Gasteiger partial charge in [-0.3, -0.25) is 9.69 Å². The lowest BCUT2D eigenvalue weighted by atomic mass is 9.74. The molecule has 0 unspecified atom stereocenters. The van der Waals surface area contributed by atoms with Crippen molar-refractivity contribution in [3.8, 4) is 0 Å². The summed E-state index contributed by atoms with van der Waals surface area (Å²) in [5.74, 6) is -0.397. The molecule has 7 heteroatoms. The van der Waals surface area contributed by atoms with Gasteiger partial charge in [-0.15, -0.1) is 11.3 Å². The Balaban J connectivity index is 1.59. The maximum absolute atomic E-state index is 13.5. The van der Waals surface area contributed by atoms with Gasteiger partial charge in [-0.1, -0.05) is 18.2 Å². The van der Waals surface area contributed by atoms with Gasteiger partial charge in [0.15, 0.2) is 0 Å². The Morgan fingerprint density at radius 3 is 2.57 bits per heavy atom. The molecule has 1 aromatic carbocycles. The average Bonchev–Trinajstić information content (AvgIpc) is 3.30. The number of nitrogens with zero attached hydrogens (tertiary/aromatic N) is 1. The van der Waals surface area contributed by atoms with Gasteiger partial charge in [0, 0.05) is 17.8 Å². The Morgan fingerprint density at radius 2 is 1.89 bits per heavy atom. The monoisotopic (exact) mass is 401 g/mol. The third-order valence-electron chi connectivity index (χ3n) is 5.80. The van der Waals surface area contributed by atoms with Crippen LogP contribution in [0.1, 0.15) is 23.3 Å². The molecule has 2 aliphatic rings. The molecule has 148 valence electrons. The summed E-state index contributed by atoms with van der Waals surface area (Å²) in [6.07, 6.45) is 2.70. The SMILES string of the molecule is O=C1N[C@](Cc2ccc(F)cc2)(C2CCNCC2)C(=O)N1CCc1cccs1. The molecule has 2 aliphatic heterocycles. The van der Waals surface area contributed by atoms with Gasteiger partial charge in [-0.25, -0.2) is 9.18 Å². The number of rotatable bonds is 6. The summed E-state index contributed by atoms with van der Waals surface area (Å²) in [7, 11) is 0. The molecule has 0 saturated carbocycles. The smallest absolute Gasteiger partial charge is 0.322 e. The van der Waals surface area contributed by atoms with E-state index in [9.17, 15) is 14.0 Å². The highest BCUT2D eigenvalue weighted by Gasteiger charge is 2.55. The number of carbonyl (C=O) groups excluding carboxylic acids is 2. The van der Waals surface area contributed by atoms with Crippen LogP contribution >= 0.6 is 11.3 Å². The maximum atomic E-state index is 13.5. The number of nitrogens with one attached hydrogen (secondary N) is 2. The summed E-state index contributed by atoms with van der Waals surface area (Å²) < 4.78 is 13.3. The number of benzene rings is 1. The van der Waals surface area contributed by atoms with Crippen LogP contribution in [0.3, 0.4) is 0 Å². The van der Waals surface area contributed by atoms with Gasteiger partial charge in [-0.05, 0) is 67.4 Å². The van der Waals surface area contributed by atoms with E-state index in [-0.39, 0.29) is 23.7 Å². The van der Waals surface area contributed by atoms with Crippen LogP contribution in [0.15, 0.2) is 41.8 Å². The summed E-state index contributed by atoms with van der Waals surface area (Å²) in [6, 6.07) is 9.88. The van der Waals surface area contributed by atoms with E-state index in [1.54, 1.807) is 23.5 Å². The molecule has 1 aromatic heterocycles. The molecule has 0 aliphatic carbocycles. The van der Waals surface area contributed by atoms with Crippen molar-refractivity contribution >= 4 is 23.3 Å². The third kappa shape index (κ3) is 3.69. The second kappa shape index (κ2) is 8.01. The number of hydrogen-bond donors (Lipinski definition) is 2. The Hall–Kier alpha value is -2.25. The van der Waals surface area contributed by atoms with Gasteiger partial charge >= 0.3 is 6.03 Å². The maximum Gasteiger partial charge on any atom is 0.325 e. The molecule has 0 spiro atoms. The van der Waals surface area contributed by atoms with Crippen molar-refractivity contribution in [2.24, 2.45) is 5.92 Å². The highest BCUT2D eigenvalue weighted by Crippen LogP contribution is 2.35. The van der Waals surface area contributed by atoms with Gasteiger partial charge in [0.2, 0.25) is 0 Å². The zero-order valence-corrected chi connectivity index (χ0v) is 16.4. The fourth-order valence-electron chi connectivity index (χ4n) is 4.30. The number of thiophene rings is 1. The highest BCUT2D eigenvalue weighted by atomic mass is 32.1. The minimum absolute atomic E-state index is 0.0574. The molecule has 5 nitrogen and oxygen atoms in total. The predicted molar refractivity (Wildman–Crippen MR) is 107 cm³/mol. The number of carbonyl (C=O) groups is 2. The summed E-state index contributed by atoms with van der Waals surface area (Å²) in [4.78, 5) is 28.8. The highest BCUT2D eigenvalue weighted by molar-refractivity contribution is 7.09. The summed E-state index contributed by atoms with van der Waals surface area (Å²) in [5.41, 5.74) is -0.0967. The fraction of sp³-hybridized carbons (Fsp3) is 0.429. The lowest BCUT2D eigenvalue weighted by Gasteiger charge is -2.38. The van der Waals surface area contributed by atoms with Crippen LogP contribution in [0.4, 0.5) is 9.18 Å². The van der Waals surface area contributed by atoms with E-state index < -0.39 is 5.54 Å².